The van der Waals surface area contributed by atoms with Crippen LogP contribution in [0, 0.1) is 0 Å². The summed E-state index contributed by atoms with van der Waals surface area (Å²) in [6.07, 6.45) is 10.4. The molecule has 0 aliphatic rings. The summed E-state index contributed by atoms with van der Waals surface area (Å²) in [6, 6.07) is 2.59. The Kier molecular flexibility index (Phi) is 13.2. The summed E-state index contributed by atoms with van der Waals surface area (Å²) < 4.78 is 13.7. The molecule has 1 aromatic heterocycles. The third kappa shape index (κ3) is 13.4. The molecule has 7 heteroatoms. The summed E-state index contributed by atoms with van der Waals surface area (Å²) in [7, 11) is -0.643. The van der Waals surface area contributed by atoms with Crippen LogP contribution in [-0.2, 0) is 15.4 Å². The van der Waals surface area contributed by atoms with Crippen LogP contribution in [0.4, 0.5) is 0 Å². The lowest BCUT2D eigenvalue weighted by Crippen LogP contribution is -2.28. The second kappa shape index (κ2) is 14.7. The number of aromatic nitrogens is 2. The van der Waals surface area contributed by atoms with Crippen LogP contribution in [0.25, 0.3) is 0 Å². The molecule has 1 rings (SSSR count). The molecule has 0 unspecified atom stereocenters. The normalized spacial score (nSPS) is 12.9. The lowest BCUT2D eigenvalue weighted by molar-refractivity contribution is 0.243. The SMILES string of the molecule is CC(C)O[SiH2]CCCN(CCC[SiH2]OC(C)C)CCCn1ccnc1. The Balaban J connectivity index is 2.19. The molecule has 146 valence electrons. The van der Waals surface area contributed by atoms with E-state index in [1.54, 1.807) is 0 Å². The van der Waals surface area contributed by atoms with Gasteiger partial charge in [0.1, 0.15) is 0 Å². The van der Waals surface area contributed by atoms with Crippen molar-refractivity contribution in [2.45, 2.75) is 77.8 Å². The largest absolute Gasteiger partial charge is 0.422 e. The van der Waals surface area contributed by atoms with Gasteiger partial charge in [0.05, 0.1) is 6.33 Å². The van der Waals surface area contributed by atoms with E-state index in [0.717, 1.165) is 6.54 Å². The summed E-state index contributed by atoms with van der Waals surface area (Å²) in [6.45, 7) is 13.2. The van der Waals surface area contributed by atoms with Gasteiger partial charge in [-0.1, -0.05) is 0 Å². The highest BCUT2D eigenvalue weighted by Gasteiger charge is 2.06. The van der Waals surface area contributed by atoms with Gasteiger partial charge in [-0.2, -0.15) is 0 Å². The first kappa shape index (κ1) is 22.6. The van der Waals surface area contributed by atoms with Crippen molar-refractivity contribution in [1.29, 1.82) is 0 Å². The highest BCUT2D eigenvalue weighted by Crippen LogP contribution is 2.04. The van der Waals surface area contributed by atoms with Crippen molar-refractivity contribution in [3.8, 4) is 0 Å². The molecule has 0 fully saturated rings. The van der Waals surface area contributed by atoms with E-state index in [2.05, 4.69) is 42.1 Å². The van der Waals surface area contributed by atoms with E-state index in [0.29, 0.717) is 12.2 Å². The maximum Gasteiger partial charge on any atom is 0.161 e. The van der Waals surface area contributed by atoms with E-state index in [1.165, 1.54) is 51.0 Å². The molecule has 0 bridgehead atoms. The molecule has 0 atom stereocenters. The zero-order chi connectivity index (χ0) is 18.3. The van der Waals surface area contributed by atoms with Crippen LogP contribution in [0.2, 0.25) is 12.1 Å². The fraction of sp³-hybridized carbons (Fsp3) is 0.833. The van der Waals surface area contributed by atoms with Crippen molar-refractivity contribution in [2.75, 3.05) is 19.6 Å². The predicted octanol–water partition coefficient (Wildman–Crippen LogP) is 2.21. The van der Waals surface area contributed by atoms with Crippen LogP contribution in [-0.4, -0.2) is 65.8 Å². The molecule has 0 radical (unpaired) electrons. The molecule has 0 amide bonds. The Morgan fingerprint density at radius 2 is 1.48 bits per heavy atom. The minimum Gasteiger partial charge on any atom is -0.422 e. The van der Waals surface area contributed by atoms with E-state index < -0.39 is 0 Å². The summed E-state index contributed by atoms with van der Waals surface area (Å²) in [5.41, 5.74) is 0. The van der Waals surface area contributed by atoms with Gasteiger partial charge in [-0.3, -0.25) is 0 Å². The fourth-order valence-corrected chi connectivity index (χ4v) is 4.88. The number of nitrogens with zero attached hydrogens (tertiary/aromatic N) is 3. The van der Waals surface area contributed by atoms with Crippen molar-refractivity contribution < 1.29 is 8.85 Å². The van der Waals surface area contributed by atoms with Crippen LogP contribution in [0.1, 0.15) is 47.0 Å². The Bertz CT molecular complexity index is 385. The number of rotatable bonds is 16. The Morgan fingerprint density at radius 1 is 0.920 bits per heavy atom. The number of hydrogen-bond acceptors (Lipinski definition) is 4. The van der Waals surface area contributed by atoms with Gasteiger partial charge in [0.25, 0.3) is 0 Å². The average molecular weight is 386 g/mol. The van der Waals surface area contributed by atoms with Crippen molar-refractivity contribution in [3.63, 3.8) is 0 Å². The lowest BCUT2D eigenvalue weighted by atomic mass is 10.3. The fourth-order valence-electron chi connectivity index (χ4n) is 2.74. The third-order valence-corrected chi connectivity index (χ3v) is 7.47. The molecule has 1 heterocycles. The predicted molar refractivity (Wildman–Crippen MR) is 112 cm³/mol. The molecule has 0 N–H and O–H groups in total. The van der Waals surface area contributed by atoms with Crippen LogP contribution in [0.15, 0.2) is 18.7 Å². The summed E-state index contributed by atoms with van der Waals surface area (Å²) in [4.78, 5) is 6.76. The van der Waals surface area contributed by atoms with Crippen molar-refractivity contribution in [1.82, 2.24) is 14.5 Å². The molecule has 5 nitrogen and oxygen atoms in total. The topological polar surface area (TPSA) is 39.5 Å². The van der Waals surface area contributed by atoms with Gasteiger partial charge < -0.3 is 18.3 Å². The van der Waals surface area contributed by atoms with E-state index >= 15 is 0 Å². The number of hydrogen-bond donors (Lipinski definition) is 0. The Hall–Kier alpha value is -0.476. The third-order valence-electron chi connectivity index (χ3n) is 4.09. The van der Waals surface area contributed by atoms with Crippen molar-refractivity contribution >= 4 is 19.5 Å². The smallest absolute Gasteiger partial charge is 0.161 e. The maximum atomic E-state index is 5.79. The quantitative estimate of drug-likeness (QED) is 0.323. The van der Waals surface area contributed by atoms with Gasteiger partial charge in [0.2, 0.25) is 0 Å². The standard InChI is InChI=1S/C18H39N3O2Si2/c1-17(2)22-24-14-6-11-20(12-7-15-25-23-18(3)4)9-5-10-21-13-8-19-16-21/h8,13,16-18H,5-7,9-12,14-15,24-25H2,1-4H3. The molecular formula is C18H39N3O2Si2. The van der Waals surface area contributed by atoms with Gasteiger partial charge >= 0.3 is 0 Å². The van der Waals surface area contributed by atoms with Gasteiger partial charge in [-0.05, 0) is 78.7 Å². The monoisotopic (exact) mass is 385 g/mol. The molecule has 0 spiro atoms. The lowest BCUT2D eigenvalue weighted by Gasteiger charge is -2.22. The summed E-state index contributed by atoms with van der Waals surface area (Å²) in [5, 5.41) is 0. The molecule has 0 aliphatic carbocycles. The van der Waals surface area contributed by atoms with Crippen molar-refractivity contribution in [3.05, 3.63) is 18.7 Å². The highest BCUT2D eigenvalue weighted by molar-refractivity contribution is 6.27. The van der Waals surface area contributed by atoms with Gasteiger partial charge in [-0.15, -0.1) is 0 Å². The zero-order valence-electron chi connectivity index (χ0n) is 16.8. The number of imidazole rings is 1. The Morgan fingerprint density at radius 3 is 1.96 bits per heavy atom. The van der Waals surface area contributed by atoms with Crippen molar-refractivity contribution in [2.24, 2.45) is 0 Å². The molecule has 1 aromatic rings. The second-order valence-electron chi connectivity index (χ2n) is 7.25. The minimum absolute atomic E-state index is 0.321. The van der Waals surface area contributed by atoms with Gasteiger partial charge in [-0.25, -0.2) is 4.98 Å². The molecular weight excluding hydrogens is 346 g/mol. The molecule has 0 saturated carbocycles. The first-order chi connectivity index (χ1) is 12.1. The van der Waals surface area contributed by atoms with Gasteiger partial charge in [0.15, 0.2) is 19.5 Å². The first-order valence-electron chi connectivity index (χ1n) is 9.99. The van der Waals surface area contributed by atoms with Crippen LogP contribution >= 0.6 is 0 Å². The second-order valence-corrected chi connectivity index (χ2v) is 10.1. The first-order valence-corrected chi connectivity index (χ1v) is 13.1. The van der Waals surface area contributed by atoms with E-state index in [9.17, 15) is 0 Å². The minimum atomic E-state index is -0.321. The van der Waals surface area contributed by atoms with Crippen LogP contribution in [0.5, 0.6) is 0 Å². The average Bonchev–Trinajstić information content (AvgIpc) is 3.06. The van der Waals surface area contributed by atoms with Gasteiger partial charge in [0, 0.05) is 31.1 Å². The molecule has 0 saturated heterocycles. The zero-order valence-corrected chi connectivity index (χ0v) is 19.7. The number of aryl methyl sites for hydroxylation is 1. The van der Waals surface area contributed by atoms with E-state index in [1.807, 2.05) is 18.7 Å². The van der Waals surface area contributed by atoms with E-state index in [4.69, 9.17) is 8.85 Å². The molecule has 25 heavy (non-hydrogen) atoms. The maximum absolute atomic E-state index is 5.79. The van der Waals surface area contributed by atoms with E-state index in [-0.39, 0.29) is 19.5 Å². The highest BCUT2D eigenvalue weighted by atomic mass is 28.2. The molecule has 0 aliphatic heterocycles. The summed E-state index contributed by atoms with van der Waals surface area (Å²) >= 11 is 0. The van der Waals surface area contributed by atoms with Crippen LogP contribution < -0.4 is 0 Å². The Labute approximate surface area is 159 Å². The molecule has 0 aromatic carbocycles. The summed E-state index contributed by atoms with van der Waals surface area (Å²) in [5.74, 6) is 0. The van der Waals surface area contributed by atoms with Crippen LogP contribution in [0.3, 0.4) is 0 Å².